The number of hydrogen-bond donors (Lipinski definition) is 2. The molecule has 0 saturated heterocycles. The van der Waals surface area contributed by atoms with E-state index in [4.69, 9.17) is 0 Å². The van der Waals surface area contributed by atoms with Crippen LogP contribution in [0.25, 0.3) is 11.1 Å². The van der Waals surface area contributed by atoms with Crippen molar-refractivity contribution in [2.75, 3.05) is 0 Å². The smallest absolute Gasteiger partial charge is 0.262 e. The average Bonchev–Trinajstić information content (AvgIpc) is 2.26. The van der Waals surface area contributed by atoms with Gasteiger partial charge in [-0.15, -0.1) is 0 Å². The SMILES string of the molecule is CC(C)Cc1nc(O)c(-c2cccc(F)c2)c(=O)[nH]1. The minimum Gasteiger partial charge on any atom is -0.493 e. The largest absolute Gasteiger partial charge is 0.493 e. The van der Waals surface area contributed by atoms with Gasteiger partial charge in [0.1, 0.15) is 17.2 Å². The number of nitrogens with zero attached hydrogens (tertiary/aromatic N) is 1. The Hall–Kier alpha value is -2.17. The minimum atomic E-state index is -0.470. The van der Waals surface area contributed by atoms with Gasteiger partial charge in [0.15, 0.2) is 0 Å². The van der Waals surface area contributed by atoms with Gasteiger partial charge < -0.3 is 10.1 Å². The van der Waals surface area contributed by atoms with Crippen molar-refractivity contribution < 1.29 is 9.50 Å². The van der Waals surface area contributed by atoms with Crippen LogP contribution in [0.4, 0.5) is 4.39 Å². The topological polar surface area (TPSA) is 66.0 Å². The van der Waals surface area contributed by atoms with Crippen LogP contribution in [0.15, 0.2) is 29.1 Å². The highest BCUT2D eigenvalue weighted by Gasteiger charge is 2.14. The zero-order chi connectivity index (χ0) is 14.0. The van der Waals surface area contributed by atoms with Crippen LogP contribution in [0.1, 0.15) is 19.7 Å². The van der Waals surface area contributed by atoms with Crippen LogP contribution in [0, 0.1) is 11.7 Å². The van der Waals surface area contributed by atoms with E-state index in [0.29, 0.717) is 23.7 Å². The van der Waals surface area contributed by atoms with Crippen LogP contribution in [-0.4, -0.2) is 15.1 Å². The van der Waals surface area contributed by atoms with Crippen molar-refractivity contribution in [3.8, 4) is 17.0 Å². The number of halogens is 1. The lowest BCUT2D eigenvalue weighted by Gasteiger charge is -2.07. The van der Waals surface area contributed by atoms with E-state index in [1.807, 2.05) is 13.8 Å². The van der Waals surface area contributed by atoms with Crippen molar-refractivity contribution in [3.05, 3.63) is 46.3 Å². The van der Waals surface area contributed by atoms with Gasteiger partial charge in [-0.1, -0.05) is 26.0 Å². The molecule has 2 aromatic rings. The number of rotatable bonds is 3. The standard InChI is InChI=1S/C14H15FN2O2/c1-8(2)6-11-16-13(18)12(14(19)17-11)9-4-3-5-10(15)7-9/h3-5,7-8H,6H2,1-2H3,(H2,16,17,18,19). The fraction of sp³-hybridized carbons (Fsp3) is 0.286. The van der Waals surface area contributed by atoms with Crippen LogP contribution in [0.5, 0.6) is 5.88 Å². The van der Waals surface area contributed by atoms with Gasteiger partial charge in [0.2, 0.25) is 5.88 Å². The molecule has 0 radical (unpaired) electrons. The highest BCUT2D eigenvalue weighted by Crippen LogP contribution is 2.24. The van der Waals surface area contributed by atoms with Gasteiger partial charge in [0.05, 0.1) is 0 Å². The summed E-state index contributed by atoms with van der Waals surface area (Å²) in [6.45, 7) is 3.97. The van der Waals surface area contributed by atoms with Crippen molar-refractivity contribution in [1.29, 1.82) is 0 Å². The predicted molar refractivity (Wildman–Crippen MR) is 70.5 cm³/mol. The van der Waals surface area contributed by atoms with Crippen molar-refractivity contribution in [2.24, 2.45) is 5.92 Å². The zero-order valence-corrected chi connectivity index (χ0v) is 10.8. The van der Waals surface area contributed by atoms with E-state index in [0.717, 1.165) is 0 Å². The maximum absolute atomic E-state index is 13.2. The summed E-state index contributed by atoms with van der Waals surface area (Å²) in [6.07, 6.45) is 0.562. The van der Waals surface area contributed by atoms with E-state index in [-0.39, 0.29) is 11.4 Å². The van der Waals surface area contributed by atoms with Gasteiger partial charge in [-0.25, -0.2) is 4.39 Å². The molecule has 1 aromatic carbocycles. The summed E-state index contributed by atoms with van der Waals surface area (Å²) in [5.41, 5.74) is -0.164. The van der Waals surface area contributed by atoms with Gasteiger partial charge in [0, 0.05) is 6.42 Å². The van der Waals surface area contributed by atoms with Crippen LogP contribution < -0.4 is 5.56 Å². The summed E-state index contributed by atoms with van der Waals surface area (Å²) >= 11 is 0. The molecular weight excluding hydrogens is 247 g/mol. The Balaban J connectivity index is 2.51. The predicted octanol–water partition coefficient (Wildman–Crippen LogP) is 2.48. The highest BCUT2D eigenvalue weighted by molar-refractivity contribution is 5.67. The molecule has 0 amide bonds. The summed E-state index contributed by atoms with van der Waals surface area (Å²) < 4.78 is 13.2. The van der Waals surface area contributed by atoms with Gasteiger partial charge >= 0.3 is 0 Å². The Morgan fingerprint density at radius 1 is 1.42 bits per heavy atom. The Morgan fingerprint density at radius 2 is 2.16 bits per heavy atom. The highest BCUT2D eigenvalue weighted by atomic mass is 19.1. The normalized spacial score (nSPS) is 10.9. The Morgan fingerprint density at radius 3 is 2.74 bits per heavy atom. The van der Waals surface area contributed by atoms with Gasteiger partial charge in [-0.2, -0.15) is 4.98 Å². The molecule has 5 heteroatoms. The summed E-state index contributed by atoms with van der Waals surface area (Å²) in [5, 5.41) is 9.88. The second kappa shape index (κ2) is 5.22. The number of benzene rings is 1. The molecule has 0 aliphatic rings. The van der Waals surface area contributed by atoms with E-state index < -0.39 is 11.4 Å². The molecule has 100 valence electrons. The number of aromatic nitrogens is 2. The number of aromatic amines is 1. The number of nitrogens with one attached hydrogen (secondary N) is 1. The van der Waals surface area contributed by atoms with Crippen molar-refractivity contribution >= 4 is 0 Å². The molecule has 0 saturated carbocycles. The number of aromatic hydroxyl groups is 1. The van der Waals surface area contributed by atoms with E-state index in [2.05, 4.69) is 9.97 Å². The van der Waals surface area contributed by atoms with E-state index in [1.165, 1.54) is 18.2 Å². The summed E-state index contributed by atoms with van der Waals surface area (Å²) in [6, 6.07) is 5.49. The molecule has 0 atom stereocenters. The fourth-order valence-electron chi connectivity index (χ4n) is 1.89. The van der Waals surface area contributed by atoms with Crippen LogP contribution in [-0.2, 0) is 6.42 Å². The van der Waals surface area contributed by atoms with Gasteiger partial charge in [-0.05, 0) is 23.6 Å². The first-order valence-corrected chi connectivity index (χ1v) is 6.05. The van der Waals surface area contributed by atoms with E-state index >= 15 is 0 Å². The molecule has 0 bridgehead atoms. The first-order valence-electron chi connectivity index (χ1n) is 6.05. The number of hydrogen-bond acceptors (Lipinski definition) is 3. The molecule has 19 heavy (non-hydrogen) atoms. The van der Waals surface area contributed by atoms with Crippen molar-refractivity contribution in [3.63, 3.8) is 0 Å². The number of H-pyrrole nitrogens is 1. The maximum atomic E-state index is 13.2. The summed E-state index contributed by atoms with van der Waals surface area (Å²) in [4.78, 5) is 18.6. The van der Waals surface area contributed by atoms with Crippen molar-refractivity contribution in [1.82, 2.24) is 9.97 Å². The third-order valence-corrected chi connectivity index (χ3v) is 2.66. The Kier molecular flexibility index (Phi) is 3.64. The van der Waals surface area contributed by atoms with Crippen LogP contribution >= 0.6 is 0 Å². The third-order valence-electron chi connectivity index (χ3n) is 2.66. The molecule has 1 aromatic heterocycles. The fourth-order valence-corrected chi connectivity index (χ4v) is 1.89. The van der Waals surface area contributed by atoms with E-state index in [9.17, 15) is 14.3 Å². The molecule has 2 rings (SSSR count). The molecule has 0 aliphatic carbocycles. The molecule has 0 fully saturated rings. The van der Waals surface area contributed by atoms with Crippen LogP contribution in [0.2, 0.25) is 0 Å². The molecule has 0 aliphatic heterocycles. The summed E-state index contributed by atoms with van der Waals surface area (Å²) in [5.74, 6) is -0.104. The molecule has 1 heterocycles. The molecular formula is C14H15FN2O2. The molecule has 4 nitrogen and oxygen atoms in total. The molecule has 2 N–H and O–H groups in total. The minimum absolute atomic E-state index is 0.00740. The summed E-state index contributed by atoms with van der Waals surface area (Å²) in [7, 11) is 0. The molecule has 0 unspecified atom stereocenters. The van der Waals surface area contributed by atoms with E-state index in [1.54, 1.807) is 6.07 Å². The lowest BCUT2D eigenvalue weighted by atomic mass is 10.1. The zero-order valence-electron chi connectivity index (χ0n) is 10.8. The Labute approximate surface area is 110 Å². The van der Waals surface area contributed by atoms with Gasteiger partial charge in [0.25, 0.3) is 5.56 Å². The lowest BCUT2D eigenvalue weighted by Crippen LogP contribution is -2.15. The van der Waals surface area contributed by atoms with Crippen LogP contribution in [0.3, 0.4) is 0 Å². The lowest BCUT2D eigenvalue weighted by molar-refractivity contribution is 0.447. The monoisotopic (exact) mass is 262 g/mol. The Bertz CT molecular complexity index is 650. The second-order valence-corrected chi connectivity index (χ2v) is 4.82. The van der Waals surface area contributed by atoms with Gasteiger partial charge in [-0.3, -0.25) is 4.79 Å². The first-order chi connectivity index (χ1) is 8.97. The average molecular weight is 262 g/mol. The second-order valence-electron chi connectivity index (χ2n) is 4.82. The van der Waals surface area contributed by atoms with Crippen molar-refractivity contribution in [2.45, 2.75) is 20.3 Å². The first kappa shape index (κ1) is 13.3. The molecule has 0 spiro atoms. The third kappa shape index (κ3) is 2.99. The maximum Gasteiger partial charge on any atom is 0.262 e. The quantitative estimate of drug-likeness (QED) is 0.893.